The minimum atomic E-state index is -0.894. The molecule has 0 aliphatic carbocycles. The van der Waals surface area contributed by atoms with Crippen molar-refractivity contribution in [3.63, 3.8) is 0 Å². The zero-order chi connectivity index (χ0) is 29.2. The van der Waals surface area contributed by atoms with Crippen LogP contribution in [0.3, 0.4) is 0 Å². The van der Waals surface area contributed by atoms with Gasteiger partial charge >= 0.3 is 6.09 Å². The number of nitrogens with one attached hydrogen (secondary N) is 2. The Morgan fingerprint density at radius 1 is 0.921 bits per heavy atom. The Bertz CT molecular complexity index is 955. The van der Waals surface area contributed by atoms with Gasteiger partial charge in [-0.3, -0.25) is 9.59 Å². The third-order valence-corrected chi connectivity index (χ3v) is 5.94. The lowest BCUT2D eigenvalue weighted by molar-refractivity contribution is -0.145. The fraction of sp³-hybridized carbons (Fsp3) is 0.645. The Kier molecular flexibility index (Phi) is 12.9. The van der Waals surface area contributed by atoms with E-state index in [4.69, 9.17) is 11.2 Å². The van der Waals surface area contributed by atoms with Crippen molar-refractivity contribution in [2.75, 3.05) is 0 Å². The highest BCUT2D eigenvalue weighted by atomic mass is 16.6. The van der Waals surface area contributed by atoms with Gasteiger partial charge in [-0.15, -0.1) is 6.42 Å². The molecule has 0 saturated heterocycles. The predicted molar refractivity (Wildman–Crippen MR) is 153 cm³/mol. The number of carbonyl (C=O) groups is 3. The zero-order valence-corrected chi connectivity index (χ0v) is 25.1. The number of nitrogens with zero attached hydrogens (tertiary/aromatic N) is 1. The summed E-state index contributed by atoms with van der Waals surface area (Å²) in [5, 5.41) is 5.79. The van der Waals surface area contributed by atoms with Crippen LogP contribution in [0.25, 0.3) is 0 Å². The average molecular weight is 528 g/mol. The molecule has 1 rings (SSSR count). The summed E-state index contributed by atoms with van der Waals surface area (Å²) < 4.78 is 5.47. The van der Waals surface area contributed by atoms with Crippen molar-refractivity contribution in [1.29, 1.82) is 0 Å². The Hall–Kier alpha value is -3.01. The normalized spacial score (nSPS) is 14.0. The molecule has 0 aromatic heterocycles. The van der Waals surface area contributed by atoms with Crippen LogP contribution in [0.5, 0.6) is 0 Å². The largest absolute Gasteiger partial charge is 0.444 e. The maximum atomic E-state index is 14.3. The highest BCUT2D eigenvalue weighted by Gasteiger charge is 2.39. The first kappa shape index (κ1) is 33.0. The van der Waals surface area contributed by atoms with E-state index < -0.39 is 23.8 Å². The first-order valence-corrected chi connectivity index (χ1v) is 13.7. The van der Waals surface area contributed by atoms with E-state index >= 15 is 0 Å². The van der Waals surface area contributed by atoms with Gasteiger partial charge in [-0.1, -0.05) is 45.7 Å². The van der Waals surface area contributed by atoms with E-state index in [1.54, 1.807) is 49.9 Å². The van der Waals surface area contributed by atoms with Crippen LogP contribution < -0.4 is 10.6 Å². The number of benzene rings is 1. The Labute approximate surface area is 230 Å². The Morgan fingerprint density at radius 2 is 1.50 bits per heavy atom. The van der Waals surface area contributed by atoms with Crippen molar-refractivity contribution in [2.24, 2.45) is 11.8 Å². The number of hydrogen-bond donors (Lipinski definition) is 2. The van der Waals surface area contributed by atoms with Gasteiger partial charge in [-0.2, -0.15) is 0 Å². The van der Waals surface area contributed by atoms with E-state index in [0.717, 1.165) is 6.42 Å². The van der Waals surface area contributed by atoms with Gasteiger partial charge in [0.05, 0.1) is 0 Å². The molecule has 0 aliphatic heterocycles. The van der Waals surface area contributed by atoms with Crippen LogP contribution in [0, 0.1) is 24.2 Å². The zero-order valence-electron chi connectivity index (χ0n) is 25.1. The summed E-state index contributed by atoms with van der Waals surface area (Å²) in [6.45, 7) is 19.3. The molecule has 0 saturated carbocycles. The van der Waals surface area contributed by atoms with E-state index in [0.29, 0.717) is 29.9 Å². The van der Waals surface area contributed by atoms with Gasteiger partial charge in [0, 0.05) is 17.6 Å². The number of amides is 3. The second-order valence-corrected chi connectivity index (χ2v) is 12.2. The van der Waals surface area contributed by atoms with E-state index in [1.165, 1.54) is 0 Å². The van der Waals surface area contributed by atoms with Crippen LogP contribution in [0.15, 0.2) is 24.3 Å². The van der Waals surface area contributed by atoms with Gasteiger partial charge < -0.3 is 20.3 Å². The fourth-order valence-electron chi connectivity index (χ4n) is 4.20. The molecule has 38 heavy (non-hydrogen) atoms. The van der Waals surface area contributed by atoms with Crippen molar-refractivity contribution < 1.29 is 19.1 Å². The lowest BCUT2D eigenvalue weighted by Gasteiger charge is -2.39. The summed E-state index contributed by atoms with van der Waals surface area (Å²) >= 11 is 0. The molecule has 1 aromatic carbocycles. The van der Waals surface area contributed by atoms with Crippen LogP contribution in [-0.4, -0.2) is 46.5 Å². The average Bonchev–Trinajstić information content (AvgIpc) is 2.78. The number of ether oxygens (including phenoxy) is 1. The molecule has 7 nitrogen and oxygen atoms in total. The van der Waals surface area contributed by atoms with Gasteiger partial charge in [0.1, 0.15) is 17.7 Å². The highest BCUT2D eigenvalue weighted by molar-refractivity contribution is 5.92. The first-order valence-electron chi connectivity index (χ1n) is 13.7. The highest BCUT2D eigenvalue weighted by Crippen LogP contribution is 2.29. The first-order chi connectivity index (χ1) is 17.5. The fourth-order valence-corrected chi connectivity index (χ4v) is 4.20. The number of carbonyl (C=O) groups excluding carboxylic acids is 3. The third kappa shape index (κ3) is 11.2. The quantitative estimate of drug-likeness (QED) is 0.335. The summed E-state index contributed by atoms with van der Waals surface area (Å²) in [5.74, 6) is 2.55. The van der Waals surface area contributed by atoms with Crippen LogP contribution in [0.2, 0.25) is 0 Å². The van der Waals surface area contributed by atoms with E-state index in [-0.39, 0.29) is 29.8 Å². The molecule has 0 fully saturated rings. The maximum absolute atomic E-state index is 14.3. The van der Waals surface area contributed by atoms with Crippen LogP contribution in [0.4, 0.5) is 4.79 Å². The lowest BCUT2D eigenvalue weighted by Crippen LogP contribution is -2.56. The number of terminal acetylenes is 1. The summed E-state index contributed by atoms with van der Waals surface area (Å²) in [7, 11) is 0. The summed E-state index contributed by atoms with van der Waals surface area (Å²) in [6.07, 6.45) is 6.89. The Morgan fingerprint density at radius 3 is 1.95 bits per heavy atom. The molecule has 7 heteroatoms. The number of alkyl carbamates (subject to hydrolysis) is 1. The minimum absolute atomic E-state index is 0.115. The van der Waals surface area contributed by atoms with Crippen molar-refractivity contribution in [3.05, 3.63) is 35.4 Å². The SMILES string of the molecule is C#Cc1ccc(C(C(=O)NC(C)C)N(C(=O)C(CC(C)C)NC(=O)OC(C)(C)C)C(C)CCC(C)C)cc1. The van der Waals surface area contributed by atoms with Crippen molar-refractivity contribution in [1.82, 2.24) is 15.5 Å². The number of hydrogen-bond acceptors (Lipinski definition) is 4. The van der Waals surface area contributed by atoms with E-state index in [1.807, 2.05) is 34.6 Å². The molecule has 212 valence electrons. The standard InChI is InChI=1S/C31H49N3O4/c1-12-24-15-17-25(18-16-24)27(28(35)32-22(6)7)34(23(8)14-13-20(2)3)29(36)26(19-21(4)5)33-30(37)38-31(9,10)11/h1,15-18,20-23,26-27H,13-14,19H2,2-11H3,(H,32,35)(H,33,37). The summed E-state index contributed by atoms with van der Waals surface area (Å²) in [4.78, 5) is 42.4. The van der Waals surface area contributed by atoms with Crippen LogP contribution >= 0.6 is 0 Å². The molecule has 0 spiro atoms. The second-order valence-electron chi connectivity index (χ2n) is 12.2. The molecular weight excluding hydrogens is 478 g/mol. The predicted octanol–water partition coefficient (Wildman–Crippen LogP) is 5.83. The minimum Gasteiger partial charge on any atom is -0.444 e. The van der Waals surface area contributed by atoms with Gasteiger partial charge in [-0.05, 0) is 90.3 Å². The second kappa shape index (κ2) is 14.8. The van der Waals surface area contributed by atoms with Gasteiger partial charge in [-0.25, -0.2) is 4.79 Å². The summed E-state index contributed by atoms with van der Waals surface area (Å²) in [6, 6.07) is 5.01. The van der Waals surface area contributed by atoms with E-state index in [9.17, 15) is 14.4 Å². The third-order valence-electron chi connectivity index (χ3n) is 5.94. The molecule has 0 aliphatic rings. The smallest absolute Gasteiger partial charge is 0.408 e. The van der Waals surface area contributed by atoms with Crippen molar-refractivity contribution in [2.45, 2.75) is 118 Å². The van der Waals surface area contributed by atoms with Crippen LogP contribution in [0.1, 0.15) is 106 Å². The maximum Gasteiger partial charge on any atom is 0.408 e. The topological polar surface area (TPSA) is 87.7 Å². The summed E-state index contributed by atoms with van der Waals surface area (Å²) in [5.41, 5.74) is 0.636. The molecule has 2 N–H and O–H groups in total. The molecule has 0 radical (unpaired) electrons. The van der Waals surface area contributed by atoms with E-state index in [2.05, 4.69) is 30.4 Å². The van der Waals surface area contributed by atoms with Crippen molar-refractivity contribution in [3.8, 4) is 12.3 Å². The molecule has 3 unspecified atom stereocenters. The molecule has 0 bridgehead atoms. The Balaban J connectivity index is 3.63. The van der Waals surface area contributed by atoms with Crippen molar-refractivity contribution >= 4 is 17.9 Å². The molecular formula is C31H49N3O4. The van der Waals surface area contributed by atoms with Gasteiger partial charge in [0.25, 0.3) is 0 Å². The monoisotopic (exact) mass is 527 g/mol. The van der Waals surface area contributed by atoms with Crippen LogP contribution in [-0.2, 0) is 14.3 Å². The molecule has 1 aromatic rings. The van der Waals surface area contributed by atoms with Gasteiger partial charge in [0.2, 0.25) is 11.8 Å². The molecule has 3 atom stereocenters. The molecule has 0 heterocycles. The molecule has 3 amide bonds. The van der Waals surface area contributed by atoms with Gasteiger partial charge in [0.15, 0.2) is 0 Å². The lowest BCUT2D eigenvalue weighted by atomic mass is 9.95. The number of rotatable bonds is 12.